The lowest BCUT2D eigenvalue weighted by Crippen LogP contribution is -2.30. The standard InChI is InChI=1S/C19H25IOSi/c20-15-19(16-21-22,13-11-17-7-3-1-4-8-17)14-12-18-9-5-2-6-10-18/h1-10H,11-16H2,22H3. The maximum atomic E-state index is 5.71. The summed E-state index contributed by atoms with van der Waals surface area (Å²) in [5.41, 5.74) is 3.17. The van der Waals surface area contributed by atoms with E-state index in [0.717, 1.165) is 34.4 Å². The fourth-order valence-corrected chi connectivity index (χ4v) is 4.45. The summed E-state index contributed by atoms with van der Waals surface area (Å²) < 4.78 is 6.87. The van der Waals surface area contributed by atoms with Crippen molar-refractivity contribution in [2.24, 2.45) is 5.41 Å². The van der Waals surface area contributed by atoms with Gasteiger partial charge in [0.05, 0.1) is 0 Å². The Morgan fingerprint density at radius 3 is 1.64 bits per heavy atom. The van der Waals surface area contributed by atoms with Gasteiger partial charge in [0.15, 0.2) is 0 Å². The summed E-state index contributed by atoms with van der Waals surface area (Å²) in [6, 6.07) is 21.6. The molecule has 0 atom stereocenters. The molecule has 0 N–H and O–H groups in total. The molecule has 0 saturated heterocycles. The fraction of sp³-hybridized carbons (Fsp3) is 0.368. The molecule has 0 heterocycles. The Morgan fingerprint density at radius 1 is 0.818 bits per heavy atom. The Hall–Kier alpha value is -0.653. The van der Waals surface area contributed by atoms with Gasteiger partial charge in [-0.25, -0.2) is 0 Å². The van der Waals surface area contributed by atoms with Crippen molar-refractivity contribution in [2.45, 2.75) is 25.7 Å². The average molecular weight is 424 g/mol. The maximum absolute atomic E-state index is 5.71. The lowest BCUT2D eigenvalue weighted by molar-refractivity contribution is 0.158. The van der Waals surface area contributed by atoms with Crippen molar-refractivity contribution in [3.63, 3.8) is 0 Å². The minimum Gasteiger partial charge on any atom is -0.427 e. The van der Waals surface area contributed by atoms with E-state index in [0.29, 0.717) is 5.41 Å². The lowest BCUT2D eigenvalue weighted by atomic mass is 9.80. The molecule has 2 aromatic rings. The van der Waals surface area contributed by atoms with Crippen molar-refractivity contribution in [3.8, 4) is 0 Å². The molecular formula is C19H25IOSi. The third kappa shape index (κ3) is 5.52. The second kappa shape index (κ2) is 9.48. The maximum Gasteiger partial charge on any atom is 0.145 e. The molecular weight excluding hydrogens is 399 g/mol. The second-order valence-electron chi connectivity index (χ2n) is 6.04. The molecule has 0 amide bonds. The van der Waals surface area contributed by atoms with Crippen molar-refractivity contribution in [1.82, 2.24) is 0 Å². The van der Waals surface area contributed by atoms with Crippen LogP contribution in [-0.4, -0.2) is 21.5 Å². The molecule has 0 aliphatic heterocycles. The van der Waals surface area contributed by atoms with Crippen molar-refractivity contribution >= 4 is 33.1 Å². The number of hydrogen-bond acceptors (Lipinski definition) is 1. The van der Waals surface area contributed by atoms with Crippen LogP contribution in [0.15, 0.2) is 60.7 Å². The van der Waals surface area contributed by atoms with Crippen LogP contribution >= 0.6 is 22.6 Å². The SMILES string of the molecule is [SiH3]OCC(CI)(CCc1ccccc1)CCc1ccccc1. The molecule has 0 aliphatic rings. The van der Waals surface area contributed by atoms with Crippen molar-refractivity contribution in [1.29, 1.82) is 0 Å². The summed E-state index contributed by atoms with van der Waals surface area (Å²) in [4.78, 5) is 0. The highest BCUT2D eigenvalue weighted by Crippen LogP contribution is 2.33. The first-order valence-electron chi connectivity index (χ1n) is 7.91. The largest absolute Gasteiger partial charge is 0.427 e. The highest BCUT2D eigenvalue weighted by molar-refractivity contribution is 14.1. The molecule has 2 rings (SSSR count). The van der Waals surface area contributed by atoms with Gasteiger partial charge in [0, 0.05) is 16.4 Å². The number of hydrogen-bond donors (Lipinski definition) is 0. The van der Waals surface area contributed by atoms with Gasteiger partial charge < -0.3 is 4.43 Å². The zero-order chi connectivity index (χ0) is 15.7. The highest BCUT2D eigenvalue weighted by atomic mass is 127. The normalized spacial score (nSPS) is 11.7. The van der Waals surface area contributed by atoms with Gasteiger partial charge in [0.25, 0.3) is 0 Å². The van der Waals surface area contributed by atoms with Crippen LogP contribution < -0.4 is 0 Å². The molecule has 0 saturated carbocycles. The van der Waals surface area contributed by atoms with Gasteiger partial charge >= 0.3 is 0 Å². The van der Waals surface area contributed by atoms with E-state index in [1.165, 1.54) is 24.0 Å². The smallest absolute Gasteiger partial charge is 0.145 e. The van der Waals surface area contributed by atoms with Crippen LogP contribution in [0, 0.1) is 5.41 Å². The first-order valence-corrected chi connectivity index (χ1v) is 10.2. The summed E-state index contributed by atoms with van der Waals surface area (Å²) in [5, 5.41) is 0. The number of alkyl halides is 1. The Kier molecular flexibility index (Phi) is 7.62. The summed E-state index contributed by atoms with van der Waals surface area (Å²) in [6.07, 6.45) is 4.69. The van der Waals surface area contributed by atoms with Crippen molar-refractivity contribution in [3.05, 3.63) is 71.8 Å². The van der Waals surface area contributed by atoms with E-state index in [4.69, 9.17) is 4.43 Å². The topological polar surface area (TPSA) is 9.23 Å². The van der Waals surface area contributed by atoms with E-state index in [2.05, 4.69) is 83.3 Å². The van der Waals surface area contributed by atoms with E-state index in [-0.39, 0.29) is 0 Å². The van der Waals surface area contributed by atoms with Gasteiger partial charge in [0.2, 0.25) is 0 Å². The molecule has 0 aromatic heterocycles. The Morgan fingerprint density at radius 2 is 1.27 bits per heavy atom. The molecule has 3 heteroatoms. The summed E-state index contributed by atoms with van der Waals surface area (Å²) in [5.74, 6) is 0. The molecule has 0 bridgehead atoms. The third-order valence-electron chi connectivity index (χ3n) is 4.31. The van der Waals surface area contributed by atoms with E-state index >= 15 is 0 Å². The highest BCUT2D eigenvalue weighted by Gasteiger charge is 2.28. The molecule has 0 spiro atoms. The summed E-state index contributed by atoms with van der Waals surface area (Å²) >= 11 is 2.55. The lowest BCUT2D eigenvalue weighted by Gasteiger charge is -2.32. The van der Waals surface area contributed by atoms with E-state index in [1.807, 2.05) is 0 Å². The number of benzene rings is 2. The second-order valence-corrected chi connectivity index (χ2v) is 7.38. The predicted molar refractivity (Wildman–Crippen MR) is 107 cm³/mol. The van der Waals surface area contributed by atoms with Crippen LogP contribution in [0.25, 0.3) is 0 Å². The van der Waals surface area contributed by atoms with Gasteiger partial charge in [-0.15, -0.1) is 0 Å². The van der Waals surface area contributed by atoms with Gasteiger partial charge in [-0.2, -0.15) is 0 Å². The van der Waals surface area contributed by atoms with Gasteiger partial charge in [0.1, 0.15) is 10.5 Å². The van der Waals surface area contributed by atoms with Gasteiger partial charge in [-0.3, -0.25) is 0 Å². The molecule has 0 fully saturated rings. The van der Waals surface area contributed by atoms with E-state index < -0.39 is 0 Å². The van der Waals surface area contributed by atoms with E-state index in [1.54, 1.807) is 0 Å². The molecule has 118 valence electrons. The zero-order valence-electron chi connectivity index (χ0n) is 13.3. The van der Waals surface area contributed by atoms with Crippen LogP contribution in [0.2, 0.25) is 0 Å². The fourth-order valence-electron chi connectivity index (χ4n) is 2.86. The van der Waals surface area contributed by atoms with Crippen LogP contribution in [0.3, 0.4) is 0 Å². The number of rotatable bonds is 9. The zero-order valence-corrected chi connectivity index (χ0v) is 17.5. The van der Waals surface area contributed by atoms with Gasteiger partial charge in [-0.1, -0.05) is 83.3 Å². The number of aryl methyl sites for hydroxylation is 2. The van der Waals surface area contributed by atoms with Gasteiger partial charge in [-0.05, 0) is 36.8 Å². The average Bonchev–Trinajstić information content (AvgIpc) is 2.59. The Bertz CT molecular complexity index is 486. The quantitative estimate of drug-likeness (QED) is 0.336. The minimum absolute atomic E-state index is 0.300. The first-order chi connectivity index (χ1) is 10.8. The van der Waals surface area contributed by atoms with Crippen LogP contribution in [0.4, 0.5) is 0 Å². The van der Waals surface area contributed by atoms with Crippen LogP contribution in [-0.2, 0) is 17.3 Å². The summed E-state index contributed by atoms with van der Waals surface area (Å²) in [7, 11) is 0.826. The monoisotopic (exact) mass is 424 g/mol. The first kappa shape index (κ1) is 17.7. The molecule has 0 aliphatic carbocycles. The minimum atomic E-state index is 0.300. The Labute approximate surface area is 151 Å². The molecule has 0 radical (unpaired) electrons. The van der Waals surface area contributed by atoms with Crippen molar-refractivity contribution in [2.75, 3.05) is 11.0 Å². The number of halogens is 1. The predicted octanol–water partition coefficient (Wildman–Crippen LogP) is 3.97. The Balaban J connectivity index is 1.99. The van der Waals surface area contributed by atoms with Crippen LogP contribution in [0.1, 0.15) is 24.0 Å². The van der Waals surface area contributed by atoms with Crippen molar-refractivity contribution < 1.29 is 4.43 Å². The molecule has 1 nitrogen and oxygen atoms in total. The molecule has 0 unspecified atom stereocenters. The summed E-state index contributed by atoms with van der Waals surface area (Å²) in [6.45, 7) is 0.905. The third-order valence-corrected chi connectivity index (χ3v) is 6.21. The molecule has 22 heavy (non-hydrogen) atoms. The molecule has 2 aromatic carbocycles. The van der Waals surface area contributed by atoms with Crippen LogP contribution in [0.5, 0.6) is 0 Å². The van der Waals surface area contributed by atoms with E-state index in [9.17, 15) is 0 Å².